The fourth-order valence-electron chi connectivity index (χ4n) is 3.53. The highest BCUT2D eigenvalue weighted by molar-refractivity contribution is 4.91. The van der Waals surface area contributed by atoms with Gasteiger partial charge in [0, 0.05) is 0 Å². The van der Waals surface area contributed by atoms with Crippen LogP contribution in [0.3, 0.4) is 0 Å². The van der Waals surface area contributed by atoms with Gasteiger partial charge in [0.15, 0.2) is 0 Å². The average Bonchev–Trinajstić information content (AvgIpc) is 2.17. The Hall–Kier alpha value is -0.260. The first-order valence-corrected chi connectivity index (χ1v) is 7.06. The molecule has 1 saturated carbocycles. The summed E-state index contributed by atoms with van der Waals surface area (Å²) in [5.41, 5.74) is 1.34. The van der Waals surface area contributed by atoms with Gasteiger partial charge in [0.25, 0.3) is 0 Å². The molecule has 0 spiro atoms. The van der Waals surface area contributed by atoms with E-state index in [1.807, 2.05) is 0 Å². The van der Waals surface area contributed by atoms with Gasteiger partial charge < -0.3 is 0 Å². The third kappa shape index (κ3) is 3.64. The number of hydrogen-bond acceptors (Lipinski definition) is 0. The topological polar surface area (TPSA) is 0 Å². The van der Waals surface area contributed by atoms with Gasteiger partial charge in [0.2, 0.25) is 0 Å². The highest BCUT2D eigenvalue weighted by Crippen LogP contribution is 2.42. The maximum Gasteiger partial charge on any atom is -0.0300 e. The average molecular weight is 222 g/mol. The van der Waals surface area contributed by atoms with Crippen LogP contribution in [0.5, 0.6) is 0 Å². The van der Waals surface area contributed by atoms with Gasteiger partial charge in [0.05, 0.1) is 0 Å². The molecular weight excluding hydrogens is 192 g/mol. The molecule has 0 radical (unpaired) electrons. The zero-order valence-electron chi connectivity index (χ0n) is 11.9. The van der Waals surface area contributed by atoms with E-state index < -0.39 is 0 Å². The van der Waals surface area contributed by atoms with Gasteiger partial charge in [-0.3, -0.25) is 0 Å². The van der Waals surface area contributed by atoms with E-state index in [9.17, 15) is 0 Å². The number of hydrogen-bond donors (Lipinski definition) is 0. The monoisotopic (exact) mass is 222 g/mol. The predicted molar refractivity (Wildman–Crippen MR) is 73.4 cm³/mol. The SMILES string of the molecule is C=C(C)CC(C)CC1C(C)CCC(C)C1C. The second-order valence-corrected chi connectivity index (χ2v) is 6.56. The fourth-order valence-corrected chi connectivity index (χ4v) is 3.53. The maximum atomic E-state index is 4.04. The van der Waals surface area contributed by atoms with Crippen LogP contribution in [0.15, 0.2) is 12.2 Å². The lowest BCUT2D eigenvalue weighted by Gasteiger charge is -2.40. The van der Waals surface area contributed by atoms with Crippen LogP contribution in [-0.4, -0.2) is 0 Å². The standard InChI is InChI=1S/C16H30/c1-11(2)9-12(3)10-16-14(5)8-7-13(4)15(16)6/h12-16H,1,7-10H2,2-6H3. The van der Waals surface area contributed by atoms with Gasteiger partial charge in [-0.1, -0.05) is 46.1 Å². The summed E-state index contributed by atoms with van der Waals surface area (Å²) >= 11 is 0. The Morgan fingerprint density at radius 1 is 1.19 bits per heavy atom. The van der Waals surface area contributed by atoms with Crippen molar-refractivity contribution < 1.29 is 0 Å². The number of rotatable bonds is 4. The van der Waals surface area contributed by atoms with Crippen LogP contribution in [-0.2, 0) is 0 Å². The van der Waals surface area contributed by atoms with Gasteiger partial charge in [0.1, 0.15) is 0 Å². The largest absolute Gasteiger partial charge is 0.100 e. The Morgan fingerprint density at radius 3 is 2.31 bits per heavy atom. The molecule has 0 heterocycles. The lowest BCUT2D eigenvalue weighted by molar-refractivity contribution is 0.100. The first kappa shape index (κ1) is 13.8. The summed E-state index contributed by atoms with van der Waals surface area (Å²) in [5.74, 6) is 4.53. The molecule has 94 valence electrons. The summed E-state index contributed by atoms with van der Waals surface area (Å²) < 4.78 is 0. The summed E-state index contributed by atoms with van der Waals surface area (Å²) in [6, 6.07) is 0. The van der Waals surface area contributed by atoms with E-state index in [0.717, 1.165) is 29.6 Å². The molecule has 0 aliphatic heterocycles. The molecule has 5 atom stereocenters. The lowest BCUT2D eigenvalue weighted by Crippen LogP contribution is -2.31. The summed E-state index contributed by atoms with van der Waals surface area (Å²) in [4.78, 5) is 0. The Balaban J connectivity index is 2.52. The third-order valence-electron chi connectivity index (χ3n) is 4.75. The van der Waals surface area contributed by atoms with Gasteiger partial charge in [-0.15, -0.1) is 6.58 Å². The Morgan fingerprint density at radius 2 is 1.75 bits per heavy atom. The maximum absolute atomic E-state index is 4.04. The number of allylic oxidation sites excluding steroid dienone is 1. The van der Waals surface area contributed by atoms with E-state index in [2.05, 4.69) is 41.2 Å². The van der Waals surface area contributed by atoms with E-state index in [1.165, 1.54) is 31.3 Å². The predicted octanol–water partition coefficient (Wildman–Crippen LogP) is 5.30. The second-order valence-electron chi connectivity index (χ2n) is 6.56. The highest BCUT2D eigenvalue weighted by atomic mass is 14.4. The van der Waals surface area contributed by atoms with Crippen LogP contribution < -0.4 is 0 Å². The highest BCUT2D eigenvalue weighted by Gasteiger charge is 2.32. The molecule has 5 unspecified atom stereocenters. The minimum absolute atomic E-state index is 0.817. The van der Waals surface area contributed by atoms with E-state index in [1.54, 1.807) is 0 Å². The molecule has 0 amide bonds. The van der Waals surface area contributed by atoms with Gasteiger partial charge in [-0.25, -0.2) is 0 Å². The summed E-state index contributed by atoms with van der Waals surface area (Å²) in [7, 11) is 0. The first-order valence-electron chi connectivity index (χ1n) is 7.06. The molecule has 1 rings (SSSR count). The van der Waals surface area contributed by atoms with Crippen molar-refractivity contribution in [1.82, 2.24) is 0 Å². The Labute approximate surface area is 103 Å². The van der Waals surface area contributed by atoms with E-state index in [4.69, 9.17) is 0 Å². The van der Waals surface area contributed by atoms with Crippen LogP contribution in [0.25, 0.3) is 0 Å². The zero-order chi connectivity index (χ0) is 12.3. The van der Waals surface area contributed by atoms with Crippen molar-refractivity contribution in [2.45, 2.75) is 60.3 Å². The Kier molecular flexibility index (Phi) is 5.08. The van der Waals surface area contributed by atoms with Crippen molar-refractivity contribution in [1.29, 1.82) is 0 Å². The molecular formula is C16H30. The summed E-state index contributed by atoms with van der Waals surface area (Å²) in [6.07, 6.45) is 5.49. The molecule has 1 fully saturated rings. The molecule has 16 heavy (non-hydrogen) atoms. The van der Waals surface area contributed by atoms with Gasteiger partial charge in [-0.2, -0.15) is 0 Å². The van der Waals surface area contributed by atoms with E-state index in [-0.39, 0.29) is 0 Å². The molecule has 1 aliphatic rings. The molecule has 0 aromatic rings. The lowest BCUT2D eigenvalue weighted by atomic mass is 9.65. The van der Waals surface area contributed by atoms with Crippen molar-refractivity contribution in [2.75, 3.05) is 0 Å². The quantitative estimate of drug-likeness (QED) is 0.566. The molecule has 0 N–H and O–H groups in total. The van der Waals surface area contributed by atoms with Crippen molar-refractivity contribution in [3.63, 3.8) is 0 Å². The van der Waals surface area contributed by atoms with Crippen LogP contribution >= 0.6 is 0 Å². The normalized spacial score (nSPS) is 37.1. The van der Waals surface area contributed by atoms with Crippen LogP contribution in [0.1, 0.15) is 60.3 Å². The van der Waals surface area contributed by atoms with Crippen molar-refractivity contribution in [3.05, 3.63) is 12.2 Å². The van der Waals surface area contributed by atoms with Crippen molar-refractivity contribution in [2.24, 2.45) is 29.6 Å². The van der Waals surface area contributed by atoms with Crippen molar-refractivity contribution in [3.8, 4) is 0 Å². The van der Waals surface area contributed by atoms with Crippen LogP contribution in [0.2, 0.25) is 0 Å². The van der Waals surface area contributed by atoms with Crippen LogP contribution in [0, 0.1) is 29.6 Å². The van der Waals surface area contributed by atoms with Gasteiger partial charge >= 0.3 is 0 Å². The molecule has 0 heteroatoms. The van der Waals surface area contributed by atoms with Gasteiger partial charge in [-0.05, 0) is 49.4 Å². The first-order chi connectivity index (χ1) is 7.41. The van der Waals surface area contributed by atoms with Crippen molar-refractivity contribution >= 4 is 0 Å². The second kappa shape index (κ2) is 5.89. The minimum Gasteiger partial charge on any atom is -0.100 e. The summed E-state index contributed by atoms with van der Waals surface area (Å²) in [5, 5.41) is 0. The minimum atomic E-state index is 0.817. The zero-order valence-corrected chi connectivity index (χ0v) is 11.9. The molecule has 0 aromatic heterocycles. The molecule has 0 nitrogen and oxygen atoms in total. The molecule has 0 bridgehead atoms. The van der Waals surface area contributed by atoms with Crippen LogP contribution in [0.4, 0.5) is 0 Å². The fraction of sp³-hybridized carbons (Fsp3) is 0.875. The van der Waals surface area contributed by atoms with E-state index >= 15 is 0 Å². The molecule has 0 aromatic carbocycles. The Bertz CT molecular complexity index is 228. The van der Waals surface area contributed by atoms with E-state index in [0.29, 0.717) is 0 Å². The smallest absolute Gasteiger partial charge is 0.0300 e. The third-order valence-corrected chi connectivity index (χ3v) is 4.75. The molecule has 0 saturated heterocycles. The summed E-state index contributed by atoms with van der Waals surface area (Å²) in [6.45, 7) is 16.0. The molecule has 1 aliphatic carbocycles.